The molecule has 3 N–H and O–H groups in total. The summed E-state index contributed by atoms with van der Waals surface area (Å²) in [4.78, 5) is 28.4. The molecule has 33 heavy (non-hydrogen) atoms. The minimum Gasteiger partial charge on any atom is -0.480 e. The monoisotopic (exact) mass is 455 g/mol. The van der Waals surface area contributed by atoms with Gasteiger partial charge in [0, 0.05) is 30.0 Å². The Kier molecular flexibility index (Phi) is 8.99. The standard InChI is InChI=1S/C26H37N3O4/c1-16(2)12-22-21(14-28-25(32)33-26(5,6)7)24(19-10-8-17(3)9-11-19)20(18(4)29-22)13-27-15-23(30)31/h8-11,16,27H,12-15H2,1-7H3,(H,28,32)(H,30,31). The second-order valence-corrected chi connectivity index (χ2v) is 9.79. The van der Waals surface area contributed by atoms with Crippen LogP contribution in [0.4, 0.5) is 4.79 Å². The van der Waals surface area contributed by atoms with Crippen molar-refractivity contribution in [2.24, 2.45) is 5.92 Å². The zero-order chi connectivity index (χ0) is 24.8. The highest BCUT2D eigenvalue weighted by Crippen LogP contribution is 2.33. The van der Waals surface area contributed by atoms with Crippen molar-refractivity contribution in [2.75, 3.05) is 6.54 Å². The van der Waals surface area contributed by atoms with E-state index in [1.807, 2.05) is 46.8 Å². The number of carboxylic acid groups (broad SMARTS) is 1. The van der Waals surface area contributed by atoms with Crippen molar-refractivity contribution in [1.29, 1.82) is 0 Å². The molecule has 1 heterocycles. The zero-order valence-electron chi connectivity index (χ0n) is 20.8. The summed E-state index contributed by atoms with van der Waals surface area (Å²) in [6, 6.07) is 8.21. The Morgan fingerprint density at radius 3 is 2.24 bits per heavy atom. The van der Waals surface area contributed by atoms with E-state index in [1.54, 1.807) is 0 Å². The first kappa shape index (κ1) is 26.3. The van der Waals surface area contributed by atoms with Crippen LogP contribution in [0, 0.1) is 19.8 Å². The molecule has 0 radical (unpaired) electrons. The van der Waals surface area contributed by atoms with Gasteiger partial charge in [-0.05, 0) is 63.6 Å². The molecule has 2 rings (SSSR count). The number of pyridine rings is 1. The molecule has 0 aliphatic carbocycles. The quantitative estimate of drug-likeness (QED) is 0.504. The number of nitrogens with zero attached hydrogens (tertiary/aromatic N) is 1. The molecule has 0 fully saturated rings. The van der Waals surface area contributed by atoms with Crippen LogP contribution in [-0.4, -0.2) is 34.3 Å². The highest BCUT2D eigenvalue weighted by Gasteiger charge is 2.22. The van der Waals surface area contributed by atoms with Gasteiger partial charge in [0.1, 0.15) is 5.60 Å². The van der Waals surface area contributed by atoms with Gasteiger partial charge in [0.05, 0.1) is 6.54 Å². The van der Waals surface area contributed by atoms with Crippen molar-refractivity contribution in [3.05, 3.63) is 52.3 Å². The third-order valence-corrected chi connectivity index (χ3v) is 5.02. The predicted molar refractivity (Wildman–Crippen MR) is 130 cm³/mol. The molecule has 0 atom stereocenters. The lowest BCUT2D eigenvalue weighted by atomic mass is 9.89. The minimum atomic E-state index is -0.916. The van der Waals surface area contributed by atoms with Gasteiger partial charge in [0.2, 0.25) is 0 Å². The summed E-state index contributed by atoms with van der Waals surface area (Å²) >= 11 is 0. The summed E-state index contributed by atoms with van der Waals surface area (Å²) < 4.78 is 5.44. The van der Waals surface area contributed by atoms with Gasteiger partial charge in [-0.1, -0.05) is 43.7 Å². The minimum absolute atomic E-state index is 0.147. The van der Waals surface area contributed by atoms with Gasteiger partial charge in [-0.2, -0.15) is 0 Å². The van der Waals surface area contributed by atoms with Crippen LogP contribution in [0.5, 0.6) is 0 Å². The molecule has 0 spiro atoms. The molecular weight excluding hydrogens is 418 g/mol. The van der Waals surface area contributed by atoms with E-state index < -0.39 is 17.7 Å². The van der Waals surface area contributed by atoms with E-state index in [0.717, 1.165) is 45.6 Å². The number of ether oxygens (including phenoxy) is 1. The van der Waals surface area contributed by atoms with E-state index in [0.29, 0.717) is 12.5 Å². The summed E-state index contributed by atoms with van der Waals surface area (Å²) in [5.41, 5.74) is 6.16. The van der Waals surface area contributed by atoms with Crippen molar-refractivity contribution >= 4 is 12.1 Å². The number of aromatic nitrogens is 1. The van der Waals surface area contributed by atoms with E-state index in [-0.39, 0.29) is 13.1 Å². The van der Waals surface area contributed by atoms with Crippen LogP contribution in [0.25, 0.3) is 11.1 Å². The van der Waals surface area contributed by atoms with Gasteiger partial charge in [0.25, 0.3) is 0 Å². The molecule has 0 unspecified atom stereocenters. The van der Waals surface area contributed by atoms with E-state index in [9.17, 15) is 9.59 Å². The fourth-order valence-electron chi connectivity index (χ4n) is 3.64. The lowest BCUT2D eigenvalue weighted by Crippen LogP contribution is -2.33. The number of carboxylic acids is 1. The van der Waals surface area contributed by atoms with Gasteiger partial charge in [-0.25, -0.2) is 4.79 Å². The largest absolute Gasteiger partial charge is 0.480 e. The number of amides is 1. The molecule has 1 aromatic carbocycles. The number of aliphatic carboxylic acids is 1. The summed E-state index contributed by atoms with van der Waals surface area (Å²) in [5, 5.41) is 15.0. The van der Waals surface area contributed by atoms with Crippen LogP contribution in [-0.2, 0) is 29.0 Å². The average molecular weight is 456 g/mol. The summed E-state index contributed by atoms with van der Waals surface area (Å²) in [7, 11) is 0. The van der Waals surface area contributed by atoms with Gasteiger partial charge in [-0.15, -0.1) is 0 Å². The topological polar surface area (TPSA) is 101 Å². The van der Waals surface area contributed by atoms with E-state index in [1.165, 1.54) is 0 Å². The summed E-state index contributed by atoms with van der Waals surface area (Å²) in [6.07, 6.45) is 0.271. The Bertz CT molecular complexity index is 977. The predicted octanol–water partition coefficient (Wildman–Crippen LogP) is 4.76. The van der Waals surface area contributed by atoms with E-state index in [4.69, 9.17) is 14.8 Å². The van der Waals surface area contributed by atoms with Crippen LogP contribution in [0.2, 0.25) is 0 Å². The highest BCUT2D eigenvalue weighted by molar-refractivity contribution is 5.75. The number of rotatable bonds is 9. The van der Waals surface area contributed by atoms with E-state index >= 15 is 0 Å². The first-order valence-corrected chi connectivity index (χ1v) is 11.3. The lowest BCUT2D eigenvalue weighted by molar-refractivity contribution is -0.136. The second-order valence-electron chi connectivity index (χ2n) is 9.79. The van der Waals surface area contributed by atoms with Crippen LogP contribution >= 0.6 is 0 Å². The number of hydrogen-bond donors (Lipinski definition) is 3. The van der Waals surface area contributed by atoms with Crippen LogP contribution in [0.15, 0.2) is 24.3 Å². The fraction of sp³-hybridized carbons (Fsp3) is 0.500. The number of hydrogen-bond acceptors (Lipinski definition) is 5. The van der Waals surface area contributed by atoms with Crippen molar-refractivity contribution < 1.29 is 19.4 Å². The highest BCUT2D eigenvalue weighted by atomic mass is 16.6. The molecule has 1 amide bonds. The average Bonchev–Trinajstić information content (AvgIpc) is 2.67. The third-order valence-electron chi connectivity index (χ3n) is 5.02. The normalized spacial score (nSPS) is 11.5. The van der Waals surface area contributed by atoms with Gasteiger partial charge < -0.3 is 20.5 Å². The summed E-state index contributed by atoms with van der Waals surface area (Å²) in [5.74, 6) is -0.542. The smallest absolute Gasteiger partial charge is 0.407 e. The number of carbonyl (C=O) groups excluding carboxylic acids is 1. The maximum Gasteiger partial charge on any atom is 0.407 e. The lowest BCUT2D eigenvalue weighted by Gasteiger charge is -2.24. The Balaban J connectivity index is 2.60. The fourth-order valence-corrected chi connectivity index (χ4v) is 3.64. The molecule has 0 bridgehead atoms. The number of nitrogens with one attached hydrogen (secondary N) is 2. The zero-order valence-corrected chi connectivity index (χ0v) is 20.8. The maximum absolute atomic E-state index is 12.4. The van der Waals surface area contributed by atoms with Gasteiger partial charge in [0.15, 0.2) is 0 Å². The molecule has 2 aromatic rings. The van der Waals surface area contributed by atoms with Gasteiger partial charge >= 0.3 is 12.1 Å². The molecule has 7 heteroatoms. The Labute approximate surface area is 197 Å². The number of alkyl carbamates (subject to hydrolysis) is 1. The van der Waals surface area contributed by atoms with Crippen molar-refractivity contribution in [2.45, 2.75) is 73.6 Å². The van der Waals surface area contributed by atoms with Crippen molar-refractivity contribution in [3.8, 4) is 11.1 Å². The molecule has 0 saturated carbocycles. The Hall–Kier alpha value is -2.93. The SMILES string of the molecule is Cc1ccc(-c2c(CNCC(=O)O)c(C)nc(CC(C)C)c2CNC(=O)OC(C)(C)C)cc1. The molecule has 7 nitrogen and oxygen atoms in total. The second kappa shape index (κ2) is 11.3. The third kappa shape index (κ3) is 8.17. The molecular formula is C26H37N3O4. The number of aryl methyl sites for hydroxylation is 2. The van der Waals surface area contributed by atoms with E-state index in [2.05, 4.69) is 36.6 Å². The first-order valence-electron chi connectivity index (χ1n) is 11.3. The molecule has 1 aromatic heterocycles. The number of carbonyl (C=O) groups is 2. The molecule has 180 valence electrons. The van der Waals surface area contributed by atoms with Crippen LogP contribution in [0.1, 0.15) is 62.7 Å². The number of benzene rings is 1. The van der Waals surface area contributed by atoms with Crippen LogP contribution in [0.3, 0.4) is 0 Å². The first-order chi connectivity index (χ1) is 15.4. The molecule has 0 saturated heterocycles. The maximum atomic E-state index is 12.4. The van der Waals surface area contributed by atoms with Crippen molar-refractivity contribution in [3.63, 3.8) is 0 Å². The molecule has 0 aliphatic rings. The van der Waals surface area contributed by atoms with Crippen molar-refractivity contribution in [1.82, 2.24) is 15.6 Å². The Morgan fingerprint density at radius 2 is 1.70 bits per heavy atom. The Morgan fingerprint density at radius 1 is 1.06 bits per heavy atom. The van der Waals surface area contributed by atoms with Gasteiger partial charge in [-0.3, -0.25) is 9.78 Å². The summed E-state index contributed by atoms with van der Waals surface area (Å²) in [6.45, 7) is 14.2. The molecule has 0 aliphatic heterocycles. The van der Waals surface area contributed by atoms with Crippen LogP contribution < -0.4 is 10.6 Å².